The number of likely N-dealkylation sites (tertiary alicyclic amines) is 1. The molecule has 0 spiro atoms. The molecule has 1 saturated heterocycles. The number of amides is 2. The van der Waals surface area contributed by atoms with E-state index in [-0.39, 0.29) is 23.8 Å². The number of carbonyl (C=O) groups excluding carboxylic acids is 2. The van der Waals surface area contributed by atoms with Crippen LogP contribution in [-0.4, -0.2) is 46.6 Å². The van der Waals surface area contributed by atoms with Gasteiger partial charge in [0.2, 0.25) is 11.8 Å². The van der Waals surface area contributed by atoms with Crippen LogP contribution in [0.2, 0.25) is 10.0 Å². The Bertz CT molecular complexity index is 1270. The molecule has 0 unspecified atom stereocenters. The number of halogens is 2. The van der Waals surface area contributed by atoms with Crippen molar-refractivity contribution in [2.24, 2.45) is 5.92 Å². The Labute approximate surface area is 235 Å². The number of anilines is 1. The average Bonchev–Trinajstić information content (AvgIpc) is 3.64. The van der Waals surface area contributed by atoms with Gasteiger partial charge in [-0.1, -0.05) is 53.2 Å². The highest BCUT2D eigenvalue weighted by Gasteiger charge is 2.29. The molecule has 0 bridgehead atoms. The number of nitrogens with one attached hydrogen (secondary N) is 2. The summed E-state index contributed by atoms with van der Waals surface area (Å²) < 4.78 is 0.856. The third-order valence-electron chi connectivity index (χ3n) is 6.53. The van der Waals surface area contributed by atoms with E-state index >= 15 is 0 Å². The van der Waals surface area contributed by atoms with E-state index in [4.69, 9.17) is 28.2 Å². The van der Waals surface area contributed by atoms with Gasteiger partial charge in [-0.15, -0.1) is 11.3 Å². The van der Waals surface area contributed by atoms with E-state index in [2.05, 4.69) is 15.5 Å². The van der Waals surface area contributed by atoms with Crippen molar-refractivity contribution in [3.05, 3.63) is 63.5 Å². The molecule has 6 nitrogen and oxygen atoms in total. The topological polar surface area (TPSA) is 74.3 Å². The highest BCUT2D eigenvalue weighted by atomic mass is 35.5. The van der Waals surface area contributed by atoms with E-state index in [9.17, 15) is 9.59 Å². The minimum absolute atomic E-state index is 0.0365. The summed E-state index contributed by atoms with van der Waals surface area (Å²) in [7, 11) is 0. The lowest BCUT2D eigenvalue weighted by molar-refractivity contribution is -0.119. The zero-order valence-electron chi connectivity index (χ0n) is 20.2. The van der Waals surface area contributed by atoms with E-state index in [0.29, 0.717) is 15.8 Å². The maximum Gasteiger partial charge on any atom is 0.230 e. The van der Waals surface area contributed by atoms with Crippen molar-refractivity contribution < 1.29 is 9.59 Å². The van der Waals surface area contributed by atoms with E-state index in [1.165, 1.54) is 23.1 Å². The van der Waals surface area contributed by atoms with Gasteiger partial charge in [0, 0.05) is 48.2 Å². The lowest BCUT2D eigenvalue weighted by Gasteiger charge is -2.32. The number of piperidine rings is 1. The van der Waals surface area contributed by atoms with Gasteiger partial charge in [0.15, 0.2) is 4.34 Å². The van der Waals surface area contributed by atoms with Crippen molar-refractivity contribution in [1.82, 2.24) is 15.2 Å². The van der Waals surface area contributed by atoms with E-state index in [0.717, 1.165) is 72.2 Å². The van der Waals surface area contributed by atoms with Gasteiger partial charge in [0.25, 0.3) is 0 Å². The Hall–Kier alpha value is -2.10. The standard InChI is InChI=1S/C27H28Cl2N4O2S2/c28-22-7-4-17(12-23(22)29)14-33-10-8-20(9-11-33)30-25(34)16-37-27-32-24(15-36-27)19-2-1-3-21(13-19)31-26(35)18-5-6-18/h1-4,7,12-13,15,18,20H,5-6,8-11,14,16H2,(H,30,34)(H,31,35). The summed E-state index contributed by atoms with van der Waals surface area (Å²) >= 11 is 15.1. The van der Waals surface area contributed by atoms with Crippen LogP contribution in [0.25, 0.3) is 11.3 Å². The molecule has 0 atom stereocenters. The Morgan fingerprint density at radius 3 is 2.62 bits per heavy atom. The summed E-state index contributed by atoms with van der Waals surface area (Å²) in [6, 6.07) is 13.7. The number of nitrogens with zero attached hydrogens (tertiary/aromatic N) is 2. The minimum Gasteiger partial charge on any atom is -0.353 e. The fourth-order valence-electron chi connectivity index (χ4n) is 4.33. The quantitative estimate of drug-likeness (QED) is 0.292. The van der Waals surface area contributed by atoms with Crippen molar-refractivity contribution >= 4 is 63.8 Å². The molecule has 0 radical (unpaired) electrons. The summed E-state index contributed by atoms with van der Waals surface area (Å²) in [6.45, 7) is 2.68. The number of thioether (sulfide) groups is 1. The molecule has 1 aromatic heterocycles. The number of aromatic nitrogens is 1. The zero-order chi connectivity index (χ0) is 25.8. The molecule has 1 saturated carbocycles. The Balaban J connectivity index is 1.05. The van der Waals surface area contributed by atoms with E-state index in [1.54, 1.807) is 0 Å². The van der Waals surface area contributed by atoms with Gasteiger partial charge in [0.1, 0.15) is 0 Å². The molecule has 10 heteroatoms. The second-order valence-corrected chi connectivity index (χ2v) is 12.4. The first-order valence-electron chi connectivity index (χ1n) is 12.4. The summed E-state index contributed by atoms with van der Waals surface area (Å²) in [5.74, 6) is 0.636. The van der Waals surface area contributed by atoms with Gasteiger partial charge >= 0.3 is 0 Å². The summed E-state index contributed by atoms with van der Waals surface area (Å²) in [5, 5.41) is 9.31. The third kappa shape index (κ3) is 7.48. The molecule has 5 rings (SSSR count). The predicted octanol–water partition coefficient (Wildman–Crippen LogP) is 6.34. The molecular formula is C27H28Cl2N4O2S2. The second-order valence-electron chi connectivity index (χ2n) is 9.50. The van der Waals surface area contributed by atoms with Gasteiger partial charge in [-0.3, -0.25) is 14.5 Å². The molecule has 2 N–H and O–H groups in total. The van der Waals surface area contributed by atoms with Crippen molar-refractivity contribution in [3.8, 4) is 11.3 Å². The lowest BCUT2D eigenvalue weighted by Crippen LogP contribution is -2.44. The normalized spacial score (nSPS) is 16.5. The van der Waals surface area contributed by atoms with Gasteiger partial charge in [0.05, 0.1) is 21.5 Å². The third-order valence-corrected chi connectivity index (χ3v) is 9.29. The molecule has 2 amide bonds. The number of benzene rings is 2. The van der Waals surface area contributed by atoms with Crippen LogP contribution in [0.4, 0.5) is 5.69 Å². The molecule has 3 aromatic rings. The molecule has 37 heavy (non-hydrogen) atoms. The van der Waals surface area contributed by atoms with Gasteiger partial charge < -0.3 is 10.6 Å². The first-order chi connectivity index (χ1) is 17.9. The smallest absolute Gasteiger partial charge is 0.230 e. The number of thiazole rings is 1. The number of carbonyl (C=O) groups is 2. The fraction of sp³-hybridized carbons (Fsp3) is 0.370. The average molecular weight is 576 g/mol. The molecule has 1 aliphatic carbocycles. The molecule has 2 heterocycles. The van der Waals surface area contributed by atoms with Crippen molar-refractivity contribution in [2.45, 2.75) is 42.6 Å². The van der Waals surface area contributed by atoms with Crippen LogP contribution in [0.3, 0.4) is 0 Å². The summed E-state index contributed by atoms with van der Waals surface area (Å²) in [4.78, 5) is 31.7. The Kier molecular flexibility index (Phi) is 8.72. The van der Waals surface area contributed by atoms with Crippen LogP contribution in [0.1, 0.15) is 31.2 Å². The SMILES string of the molecule is O=C(CSc1nc(-c2cccc(NC(=O)C3CC3)c2)cs1)NC1CCN(Cc2ccc(Cl)c(Cl)c2)CC1. The Morgan fingerprint density at radius 1 is 1.05 bits per heavy atom. The maximum atomic E-state index is 12.6. The molecule has 2 aliphatic rings. The summed E-state index contributed by atoms with van der Waals surface area (Å²) in [6.07, 6.45) is 3.80. The first-order valence-corrected chi connectivity index (χ1v) is 15.0. The van der Waals surface area contributed by atoms with E-state index in [1.807, 2.05) is 47.8 Å². The van der Waals surface area contributed by atoms with Gasteiger partial charge in [-0.25, -0.2) is 4.98 Å². The van der Waals surface area contributed by atoms with Crippen LogP contribution in [0.5, 0.6) is 0 Å². The Morgan fingerprint density at radius 2 is 1.86 bits per heavy atom. The van der Waals surface area contributed by atoms with Gasteiger partial charge in [-0.2, -0.15) is 0 Å². The number of rotatable bonds is 9. The zero-order valence-corrected chi connectivity index (χ0v) is 23.4. The van der Waals surface area contributed by atoms with Crippen molar-refractivity contribution in [2.75, 3.05) is 24.2 Å². The molecule has 1 aliphatic heterocycles. The van der Waals surface area contributed by atoms with Gasteiger partial charge in [-0.05, 0) is 55.5 Å². The maximum absolute atomic E-state index is 12.6. The van der Waals surface area contributed by atoms with Crippen LogP contribution in [0.15, 0.2) is 52.2 Å². The minimum atomic E-state index is 0.0365. The van der Waals surface area contributed by atoms with E-state index < -0.39 is 0 Å². The predicted molar refractivity (Wildman–Crippen MR) is 153 cm³/mol. The largest absolute Gasteiger partial charge is 0.353 e. The highest BCUT2D eigenvalue weighted by Crippen LogP contribution is 2.32. The fourth-order valence-corrected chi connectivity index (χ4v) is 6.30. The monoisotopic (exact) mass is 574 g/mol. The number of hydrogen-bond acceptors (Lipinski definition) is 6. The lowest BCUT2D eigenvalue weighted by atomic mass is 10.0. The van der Waals surface area contributed by atoms with Crippen molar-refractivity contribution in [3.63, 3.8) is 0 Å². The van der Waals surface area contributed by atoms with Crippen LogP contribution >= 0.6 is 46.3 Å². The number of hydrogen-bond donors (Lipinski definition) is 2. The molecule has 2 fully saturated rings. The molecular weight excluding hydrogens is 547 g/mol. The van der Waals surface area contributed by atoms with Crippen LogP contribution < -0.4 is 10.6 Å². The molecule has 2 aromatic carbocycles. The van der Waals surface area contributed by atoms with Crippen LogP contribution in [-0.2, 0) is 16.1 Å². The highest BCUT2D eigenvalue weighted by molar-refractivity contribution is 8.01. The molecule has 194 valence electrons. The first kappa shape index (κ1) is 26.5. The second kappa shape index (κ2) is 12.2. The summed E-state index contributed by atoms with van der Waals surface area (Å²) in [5.41, 5.74) is 3.74. The van der Waals surface area contributed by atoms with Crippen molar-refractivity contribution in [1.29, 1.82) is 0 Å². The van der Waals surface area contributed by atoms with Crippen LogP contribution in [0, 0.1) is 5.92 Å².